The largest absolute Gasteiger partial charge is 0.481 e. The summed E-state index contributed by atoms with van der Waals surface area (Å²) in [5, 5.41) is 9.03. The number of aliphatic carboxylic acids is 1. The van der Waals surface area contributed by atoms with Crippen LogP contribution >= 0.6 is 0 Å². The van der Waals surface area contributed by atoms with E-state index in [4.69, 9.17) is 9.84 Å². The lowest BCUT2D eigenvalue weighted by Crippen LogP contribution is -2.50. The molecule has 0 aromatic heterocycles. The first-order valence-corrected chi connectivity index (χ1v) is 7.69. The van der Waals surface area contributed by atoms with Crippen molar-refractivity contribution in [3.63, 3.8) is 0 Å². The second-order valence-electron chi connectivity index (χ2n) is 6.13. The topological polar surface area (TPSA) is 66.8 Å². The quantitative estimate of drug-likeness (QED) is 0.900. The number of amides is 1. The minimum absolute atomic E-state index is 0.117. The van der Waals surface area contributed by atoms with Crippen molar-refractivity contribution >= 4 is 11.9 Å². The Morgan fingerprint density at radius 3 is 2.61 bits per heavy atom. The van der Waals surface area contributed by atoms with E-state index in [0.29, 0.717) is 31.6 Å². The second-order valence-corrected chi connectivity index (χ2v) is 6.13. The molecule has 1 amide bonds. The van der Waals surface area contributed by atoms with Crippen LogP contribution in [0.15, 0.2) is 24.3 Å². The lowest BCUT2D eigenvalue weighted by molar-refractivity contribution is -0.145. The number of carboxylic acids is 1. The normalized spacial score (nSPS) is 18.2. The molecule has 0 bridgehead atoms. The molecule has 0 aliphatic carbocycles. The Morgan fingerprint density at radius 1 is 1.39 bits per heavy atom. The molecule has 5 nitrogen and oxygen atoms in total. The van der Waals surface area contributed by atoms with Crippen LogP contribution in [0.25, 0.3) is 0 Å². The molecule has 1 aromatic carbocycles. The summed E-state index contributed by atoms with van der Waals surface area (Å²) < 4.78 is 19.0. The van der Waals surface area contributed by atoms with E-state index in [-0.39, 0.29) is 18.3 Å². The van der Waals surface area contributed by atoms with Gasteiger partial charge in [0.15, 0.2) is 0 Å². The lowest BCUT2D eigenvalue weighted by atomic mass is 9.73. The van der Waals surface area contributed by atoms with Crippen molar-refractivity contribution in [1.29, 1.82) is 0 Å². The van der Waals surface area contributed by atoms with E-state index in [9.17, 15) is 14.0 Å². The molecule has 23 heavy (non-hydrogen) atoms. The molecule has 1 heterocycles. The van der Waals surface area contributed by atoms with Gasteiger partial charge in [-0.15, -0.1) is 0 Å². The fourth-order valence-electron chi connectivity index (χ4n) is 3.07. The highest BCUT2D eigenvalue weighted by Crippen LogP contribution is 2.37. The van der Waals surface area contributed by atoms with Gasteiger partial charge in [-0.2, -0.15) is 0 Å². The van der Waals surface area contributed by atoms with E-state index >= 15 is 0 Å². The third-order valence-electron chi connectivity index (χ3n) is 4.45. The summed E-state index contributed by atoms with van der Waals surface area (Å²) in [7, 11) is 1.60. The zero-order valence-electron chi connectivity index (χ0n) is 13.4. The van der Waals surface area contributed by atoms with E-state index in [1.54, 1.807) is 26.1 Å². The van der Waals surface area contributed by atoms with E-state index in [1.165, 1.54) is 17.0 Å². The average Bonchev–Trinajstić information content (AvgIpc) is 2.54. The maximum Gasteiger partial charge on any atom is 0.308 e. The third kappa shape index (κ3) is 3.69. The Bertz CT molecular complexity index is 584. The van der Waals surface area contributed by atoms with E-state index in [2.05, 4.69) is 0 Å². The molecule has 1 atom stereocenters. The number of carbonyl (C=O) groups is 2. The number of ether oxygens (including phenoxy) is 1. The first-order chi connectivity index (χ1) is 10.9. The molecular formula is C17H22FNO4. The smallest absolute Gasteiger partial charge is 0.308 e. The number of carbonyl (C=O) groups excluding carboxylic acids is 1. The maximum atomic E-state index is 13.6. The van der Waals surface area contributed by atoms with E-state index in [1.807, 2.05) is 0 Å². The number of rotatable bonds is 5. The van der Waals surface area contributed by atoms with Gasteiger partial charge in [0.2, 0.25) is 5.91 Å². The first-order valence-electron chi connectivity index (χ1n) is 7.69. The zero-order chi connectivity index (χ0) is 17.0. The maximum absolute atomic E-state index is 13.6. The van der Waals surface area contributed by atoms with Crippen molar-refractivity contribution in [2.24, 2.45) is 5.92 Å². The molecule has 2 rings (SSSR count). The summed E-state index contributed by atoms with van der Waals surface area (Å²) in [4.78, 5) is 25.5. The lowest BCUT2D eigenvalue weighted by Gasteiger charge is -2.39. The number of carboxylic acid groups (broad SMARTS) is 1. The van der Waals surface area contributed by atoms with Crippen LogP contribution in [0.4, 0.5) is 4.39 Å². The van der Waals surface area contributed by atoms with Crippen molar-refractivity contribution in [2.45, 2.75) is 25.2 Å². The van der Waals surface area contributed by atoms with Crippen molar-refractivity contribution in [3.05, 3.63) is 35.6 Å². The van der Waals surface area contributed by atoms with Crippen molar-refractivity contribution < 1.29 is 23.8 Å². The van der Waals surface area contributed by atoms with Crippen LogP contribution in [0.2, 0.25) is 0 Å². The third-order valence-corrected chi connectivity index (χ3v) is 4.45. The van der Waals surface area contributed by atoms with E-state index in [0.717, 1.165) is 0 Å². The number of hydrogen-bond acceptors (Lipinski definition) is 3. The highest BCUT2D eigenvalue weighted by molar-refractivity contribution is 5.88. The van der Waals surface area contributed by atoms with Gasteiger partial charge in [-0.1, -0.05) is 19.1 Å². The van der Waals surface area contributed by atoms with Crippen LogP contribution in [0, 0.1) is 11.7 Å². The summed E-state index contributed by atoms with van der Waals surface area (Å²) in [6.45, 7) is 2.52. The van der Waals surface area contributed by atoms with Gasteiger partial charge in [0.1, 0.15) is 5.82 Å². The van der Waals surface area contributed by atoms with E-state index < -0.39 is 17.3 Å². The molecule has 0 spiro atoms. The molecule has 1 saturated heterocycles. The summed E-state index contributed by atoms with van der Waals surface area (Å²) >= 11 is 0. The Balaban J connectivity index is 2.31. The summed E-state index contributed by atoms with van der Waals surface area (Å²) in [5.74, 6) is -2.17. The summed E-state index contributed by atoms with van der Waals surface area (Å²) in [6.07, 6.45) is 0.919. The summed E-state index contributed by atoms with van der Waals surface area (Å²) in [6, 6.07) is 6.07. The molecule has 1 unspecified atom stereocenters. The molecule has 1 aliphatic rings. The van der Waals surface area contributed by atoms with Gasteiger partial charge in [-0.05, 0) is 30.5 Å². The Morgan fingerprint density at radius 2 is 2.04 bits per heavy atom. The Labute approximate surface area is 135 Å². The van der Waals surface area contributed by atoms with Crippen LogP contribution in [0.3, 0.4) is 0 Å². The van der Waals surface area contributed by atoms with Gasteiger partial charge < -0.3 is 14.7 Å². The van der Waals surface area contributed by atoms with Crippen molar-refractivity contribution in [2.75, 3.05) is 26.8 Å². The van der Waals surface area contributed by atoms with Gasteiger partial charge in [0, 0.05) is 26.8 Å². The monoisotopic (exact) mass is 323 g/mol. The number of halogens is 1. The van der Waals surface area contributed by atoms with Gasteiger partial charge in [0.05, 0.1) is 11.3 Å². The van der Waals surface area contributed by atoms with Gasteiger partial charge in [0.25, 0.3) is 0 Å². The van der Waals surface area contributed by atoms with Crippen molar-refractivity contribution in [3.8, 4) is 0 Å². The minimum Gasteiger partial charge on any atom is -0.481 e. The Hall–Kier alpha value is -1.95. The standard InChI is InChI=1S/C17H22FNO4/c1-12(15(20)21)11-19(2)16(22)17(6-8-23-9-7-17)13-4-3-5-14(18)10-13/h3-5,10,12H,6-9,11H2,1-2H3,(H,20,21). The molecule has 126 valence electrons. The van der Waals surface area contributed by atoms with Gasteiger partial charge in [-0.3, -0.25) is 9.59 Å². The number of hydrogen-bond donors (Lipinski definition) is 1. The molecule has 0 saturated carbocycles. The molecular weight excluding hydrogens is 301 g/mol. The number of likely N-dealkylation sites (N-methyl/N-ethyl adjacent to an activating group) is 1. The number of nitrogens with zero attached hydrogens (tertiary/aromatic N) is 1. The first kappa shape index (κ1) is 17.4. The fourth-order valence-corrected chi connectivity index (χ4v) is 3.07. The number of benzene rings is 1. The minimum atomic E-state index is -0.948. The van der Waals surface area contributed by atoms with Crippen molar-refractivity contribution in [1.82, 2.24) is 4.90 Å². The SMILES string of the molecule is CC(CN(C)C(=O)C1(c2cccc(F)c2)CCOCC1)C(=O)O. The van der Waals surface area contributed by atoms with Crippen LogP contribution in [0.5, 0.6) is 0 Å². The second kappa shape index (κ2) is 7.08. The molecule has 1 N–H and O–H groups in total. The summed E-state index contributed by atoms with van der Waals surface area (Å²) in [5.41, 5.74) is -0.228. The highest BCUT2D eigenvalue weighted by atomic mass is 19.1. The Kier molecular flexibility index (Phi) is 5.36. The van der Waals surface area contributed by atoms with Gasteiger partial charge in [-0.25, -0.2) is 4.39 Å². The van der Waals surface area contributed by atoms with Gasteiger partial charge >= 0.3 is 5.97 Å². The highest BCUT2D eigenvalue weighted by Gasteiger charge is 2.43. The predicted octanol–water partition coefficient (Wildman–Crippen LogP) is 2.05. The molecule has 1 fully saturated rings. The molecule has 1 aliphatic heterocycles. The fraction of sp³-hybridized carbons (Fsp3) is 0.529. The molecule has 0 radical (unpaired) electrons. The zero-order valence-corrected chi connectivity index (χ0v) is 13.4. The molecule has 1 aromatic rings. The van der Waals surface area contributed by atoms with Crippen LogP contribution in [-0.2, 0) is 19.7 Å². The van der Waals surface area contributed by atoms with Crippen LogP contribution in [-0.4, -0.2) is 48.7 Å². The predicted molar refractivity (Wildman–Crippen MR) is 82.6 cm³/mol. The van der Waals surface area contributed by atoms with Crippen LogP contribution < -0.4 is 0 Å². The van der Waals surface area contributed by atoms with Crippen LogP contribution in [0.1, 0.15) is 25.3 Å². The average molecular weight is 323 g/mol. The molecule has 6 heteroatoms.